The van der Waals surface area contributed by atoms with Crippen LogP contribution in [-0.2, 0) is 4.74 Å². The molecule has 0 saturated carbocycles. The van der Waals surface area contributed by atoms with Gasteiger partial charge in [0.05, 0.1) is 25.3 Å². The van der Waals surface area contributed by atoms with E-state index in [1.165, 1.54) is 30.8 Å². The Hall–Kier alpha value is 0.270. The highest BCUT2D eigenvalue weighted by atomic mass is 127. The summed E-state index contributed by atoms with van der Waals surface area (Å²) in [5.41, 5.74) is 0.220. The first-order valence-corrected chi connectivity index (χ1v) is 11.2. The maximum atomic E-state index is 5.56. The maximum absolute atomic E-state index is 5.56. The molecule has 2 saturated heterocycles. The Morgan fingerprint density at radius 3 is 2.54 bits per heavy atom. The van der Waals surface area contributed by atoms with Gasteiger partial charge in [-0.2, -0.15) is 11.8 Å². The summed E-state index contributed by atoms with van der Waals surface area (Å²) in [4.78, 5) is 7.64. The molecule has 2 unspecified atom stereocenters. The van der Waals surface area contributed by atoms with Crippen molar-refractivity contribution in [3.8, 4) is 0 Å². The van der Waals surface area contributed by atoms with Crippen molar-refractivity contribution in [1.29, 1.82) is 0 Å². The number of nitrogens with zero attached hydrogens (tertiary/aromatic N) is 2. The van der Waals surface area contributed by atoms with Crippen molar-refractivity contribution in [2.24, 2.45) is 10.9 Å². The number of guanidine groups is 1. The van der Waals surface area contributed by atoms with Gasteiger partial charge in [0, 0.05) is 31.4 Å². The number of aliphatic imine (C=N–C) groups is 1. The molecular formula is C19H39IN4OS. The van der Waals surface area contributed by atoms with Gasteiger partial charge in [-0.15, -0.1) is 24.0 Å². The van der Waals surface area contributed by atoms with Crippen LogP contribution in [0.2, 0.25) is 0 Å². The summed E-state index contributed by atoms with van der Waals surface area (Å²) in [6.07, 6.45) is 3.68. The van der Waals surface area contributed by atoms with Crippen LogP contribution in [-0.4, -0.2) is 73.3 Å². The molecule has 2 aliphatic heterocycles. The van der Waals surface area contributed by atoms with Gasteiger partial charge in [0.25, 0.3) is 0 Å². The quantitative estimate of drug-likeness (QED) is 0.306. The molecular weight excluding hydrogens is 459 g/mol. The molecule has 2 fully saturated rings. The van der Waals surface area contributed by atoms with E-state index in [9.17, 15) is 0 Å². The van der Waals surface area contributed by atoms with Gasteiger partial charge >= 0.3 is 0 Å². The number of nitrogens with one attached hydrogen (secondary N) is 2. The lowest BCUT2D eigenvalue weighted by Crippen LogP contribution is -2.56. The molecule has 26 heavy (non-hydrogen) atoms. The van der Waals surface area contributed by atoms with E-state index in [0.717, 1.165) is 51.3 Å². The van der Waals surface area contributed by atoms with Gasteiger partial charge in [0.2, 0.25) is 0 Å². The zero-order valence-corrected chi connectivity index (χ0v) is 20.2. The summed E-state index contributed by atoms with van der Waals surface area (Å²) in [5, 5.41) is 7.04. The first-order chi connectivity index (χ1) is 12.1. The lowest BCUT2D eigenvalue weighted by Gasteiger charge is -2.42. The van der Waals surface area contributed by atoms with E-state index in [-0.39, 0.29) is 29.5 Å². The van der Waals surface area contributed by atoms with Crippen molar-refractivity contribution in [3.63, 3.8) is 0 Å². The molecule has 0 radical (unpaired) electrons. The Kier molecular flexibility index (Phi) is 11.8. The molecule has 2 rings (SSSR count). The van der Waals surface area contributed by atoms with E-state index < -0.39 is 0 Å². The van der Waals surface area contributed by atoms with Crippen molar-refractivity contribution in [3.05, 3.63) is 0 Å². The topological polar surface area (TPSA) is 48.9 Å². The van der Waals surface area contributed by atoms with Crippen LogP contribution >= 0.6 is 35.7 Å². The Morgan fingerprint density at radius 2 is 1.96 bits per heavy atom. The largest absolute Gasteiger partial charge is 0.379 e. The minimum Gasteiger partial charge on any atom is -0.379 e. The summed E-state index contributed by atoms with van der Waals surface area (Å²) >= 11 is 2.07. The lowest BCUT2D eigenvalue weighted by atomic mass is 9.96. The fourth-order valence-electron chi connectivity index (χ4n) is 3.54. The lowest BCUT2D eigenvalue weighted by molar-refractivity contribution is -0.0104. The molecule has 7 heteroatoms. The van der Waals surface area contributed by atoms with Crippen molar-refractivity contribution < 1.29 is 4.74 Å². The molecule has 0 aromatic carbocycles. The molecule has 0 amide bonds. The van der Waals surface area contributed by atoms with Crippen molar-refractivity contribution in [2.75, 3.05) is 50.9 Å². The number of halogens is 1. The van der Waals surface area contributed by atoms with Crippen molar-refractivity contribution in [2.45, 2.75) is 58.5 Å². The van der Waals surface area contributed by atoms with Crippen LogP contribution in [0.25, 0.3) is 0 Å². The standard InChI is InChI=1S/C19H38N4OS.HI/c1-5-20-18(22-17(4)7-6-16(2)3)21-14-19(8-13-25-15-19)23-9-11-24-12-10-23;/h16-17H,5-15H2,1-4H3,(H2,20,21,22);1H. The van der Waals surface area contributed by atoms with Gasteiger partial charge in [-0.1, -0.05) is 13.8 Å². The first kappa shape index (κ1) is 24.3. The molecule has 2 N–H and O–H groups in total. The highest BCUT2D eigenvalue weighted by Gasteiger charge is 2.40. The number of hydrogen-bond donors (Lipinski definition) is 2. The van der Waals surface area contributed by atoms with Crippen LogP contribution in [0.4, 0.5) is 0 Å². The van der Waals surface area contributed by atoms with Crippen molar-refractivity contribution in [1.82, 2.24) is 15.5 Å². The second kappa shape index (κ2) is 12.7. The van der Waals surface area contributed by atoms with Gasteiger partial charge in [0.1, 0.15) is 0 Å². The molecule has 2 aliphatic rings. The third-order valence-corrected chi connectivity index (χ3v) is 6.43. The van der Waals surface area contributed by atoms with Gasteiger partial charge < -0.3 is 15.4 Å². The van der Waals surface area contributed by atoms with Crippen LogP contribution in [0.15, 0.2) is 4.99 Å². The fourth-order valence-corrected chi connectivity index (χ4v) is 5.01. The summed E-state index contributed by atoms with van der Waals surface area (Å²) < 4.78 is 5.56. The number of morpholine rings is 1. The third kappa shape index (κ3) is 7.72. The molecule has 154 valence electrons. The van der Waals surface area contributed by atoms with E-state index in [1.807, 2.05) is 0 Å². The summed E-state index contributed by atoms with van der Waals surface area (Å²) in [5.74, 6) is 4.17. The average Bonchev–Trinajstić information content (AvgIpc) is 3.09. The van der Waals surface area contributed by atoms with E-state index in [0.29, 0.717) is 6.04 Å². The Morgan fingerprint density at radius 1 is 1.23 bits per heavy atom. The highest BCUT2D eigenvalue weighted by Crippen LogP contribution is 2.34. The molecule has 0 bridgehead atoms. The zero-order chi connectivity index (χ0) is 18.1. The summed E-state index contributed by atoms with van der Waals surface area (Å²) in [6.45, 7) is 14.6. The molecule has 0 aromatic heterocycles. The molecule has 2 heterocycles. The maximum Gasteiger partial charge on any atom is 0.191 e. The molecule has 5 nitrogen and oxygen atoms in total. The third-order valence-electron chi connectivity index (χ3n) is 5.20. The molecule has 0 aromatic rings. The van der Waals surface area contributed by atoms with Crippen LogP contribution < -0.4 is 10.6 Å². The van der Waals surface area contributed by atoms with E-state index in [2.05, 4.69) is 55.0 Å². The number of rotatable bonds is 8. The SMILES string of the molecule is CCNC(=NCC1(N2CCOCC2)CCSC1)NC(C)CCC(C)C.I. The Labute approximate surface area is 181 Å². The summed E-state index contributed by atoms with van der Waals surface area (Å²) in [6, 6.07) is 0.456. The fraction of sp³-hybridized carbons (Fsp3) is 0.947. The van der Waals surface area contributed by atoms with Gasteiger partial charge in [0.15, 0.2) is 5.96 Å². The van der Waals surface area contributed by atoms with Crippen LogP contribution in [0.5, 0.6) is 0 Å². The molecule has 0 spiro atoms. The first-order valence-electron chi connectivity index (χ1n) is 10.0. The van der Waals surface area contributed by atoms with E-state index >= 15 is 0 Å². The van der Waals surface area contributed by atoms with E-state index in [4.69, 9.17) is 9.73 Å². The van der Waals surface area contributed by atoms with Crippen molar-refractivity contribution >= 4 is 41.7 Å². The average molecular weight is 499 g/mol. The smallest absolute Gasteiger partial charge is 0.191 e. The van der Waals surface area contributed by atoms with Gasteiger partial charge in [-0.3, -0.25) is 9.89 Å². The second-order valence-electron chi connectivity index (χ2n) is 7.84. The second-order valence-corrected chi connectivity index (χ2v) is 8.94. The minimum atomic E-state index is 0. The minimum absolute atomic E-state index is 0. The van der Waals surface area contributed by atoms with Crippen LogP contribution in [0, 0.1) is 5.92 Å². The Bertz CT molecular complexity index is 410. The highest BCUT2D eigenvalue weighted by molar-refractivity contribution is 14.0. The van der Waals surface area contributed by atoms with E-state index in [1.54, 1.807) is 0 Å². The van der Waals surface area contributed by atoms with Gasteiger partial charge in [-0.05, 0) is 44.8 Å². The molecule has 0 aliphatic carbocycles. The number of thioether (sulfide) groups is 1. The van der Waals surface area contributed by atoms with Crippen LogP contribution in [0.1, 0.15) is 47.0 Å². The predicted octanol–water partition coefficient (Wildman–Crippen LogP) is 3.19. The summed E-state index contributed by atoms with van der Waals surface area (Å²) in [7, 11) is 0. The molecule has 2 atom stereocenters. The Balaban J connectivity index is 0.00000338. The normalized spacial score (nSPS) is 25.8. The predicted molar refractivity (Wildman–Crippen MR) is 125 cm³/mol. The van der Waals surface area contributed by atoms with Crippen LogP contribution in [0.3, 0.4) is 0 Å². The monoisotopic (exact) mass is 498 g/mol. The number of hydrogen-bond acceptors (Lipinski definition) is 4. The zero-order valence-electron chi connectivity index (χ0n) is 17.1. The number of ether oxygens (including phenoxy) is 1. The van der Waals surface area contributed by atoms with Gasteiger partial charge in [-0.25, -0.2) is 0 Å².